The van der Waals surface area contributed by atoms with Crippen molar-refractivity contribution >= 4 is 11.6 Å². The highest BCUT2D eigenvalue weighted by Crippen LogP contribution is 2.10. The normalized spacial score (nSPS) is 11.8. The van der Waals surface area contributed by atoms with Gasteiger partial charge in [0.05, 0.1) is 17.8 Å². The molecule has 2 aromatic rings. The van der Waals surface area contributed by atoms with E-state index in [9.17, 15) is 0 Å². The molecule has 0 unspecified atom stereocenters. The van der Waals surface area contributed by atoms with Crippen molar-refractivity contribution in [2.45, 2.75) is 39.3 Å². The van der Waals surface area contributed by atoms with Crippen molar-refractivity contribution in [1.82, 2.24) is 15.1 Å². The molecule has 1 heterocycles. The molecule has 0 atom stereocenters. The fraction of sp³-hybridized carbons (Fsp3) is 0.438. The molecule has 0 fully saturated rings. The smallest absolute Gasteiger partial charge is 0.0785 e. The number of hydrogen-bond acceptors (Lipinski definition) is 2. The van der Waals surface area contributed by atoms with Gasteiger partial charge >= 0.3 is 0 Å². The molecule has 0 amide bonds. The number of rotatable bonds is 5. The summed E-state index contributed by atoms with van der Waals surface area (Å²) < 4.78 is 1.85. The Morgan fingerprint density at radius 2 is 1.80 bits per heavy atom. The molecule has 0 aliphatic rings. The van der Waals surface area contributed by atoms with Crippen molar-refractivity contribution in [2.24, 2.45) is 0 Å². The number of nitrogens with zero attached hydrogens (tertiary/aromatic N) is 2. The van der Waals surface area contributed by atoms with Crippen molar-refractivity contribution in [3.63, 3.8) is 0 Å². The minimum atomic E-state index is 0.180. The maximum absolute atomic E-state index is 5.86. The van der Waals surface area contributed by atoms with Crippen LogP contribution in [-0.4, -0.2) is 21.9 Å². The molecular weight excluding hydrogens is 270 g/mol. The Balaban J connectivity index is 1.86. The lowest BCUT2D eigenvalue weighted by atomic mass is 10.1. The number of halogens is 1. The minimum Gasteiger partial charge on any atom is -0.312 e. The molecule has 0 saturated carbocycles. The SMILES string of the molecule is CC(C)(C)NCCc1ccc(Cn2cc(Cl)cn2)cc1. The van der Waals surface area contributed by atoms with Gasteiger partial charge in [0.25, 0.3) is 0 Å². The predicted molar refractivity (Wildman–Crippen MR) is 84.2 cm³/mol. The van der Waals surface area contributed by atoms with Gasteiger partial charge in [-0.15, -0.1) is 0 Å². The molecule has 4 heteroatoms. The second kappa shape index (κ2) is 6.42. The average molecular weight is 292 g/mol. The van der Waals surface area contributed by atoms with Crippen molar-refractivity contribution in [3.05, 3.63) is 52.8 Å². The van der Waals surface area contributed by atoms with Gasteiger partial charge in [0, 0.05) is 11.7 Å². The van der Waals surface area contributed by atoms with Gasteiger partial charge in [-0.05, 0) is 44.9 Å². The first-order valence-corrected chi connectivity index (χ1v) is 7.31. The van der Waals surface area contributed by atoms with E-state index in [4.69, 9.17) is 11.6 Å². The van der Waals surface area contributed by atoms with Crippen LogP contribution in [0.2, 0.25) is 5.02 Å². The zero-order chi connectivity index (χ0) is 14.6. The maximum Gasteiger partial charge on any atom is 0.0785 e. The van der Waals surface area contributed by atoms with E-state index in [1.165, 1.54) is 11.1 Å². The minimum absolute atomic E-state index is 0.180. The Morgan fingerprint density at radius 1 is 1.15 bits per heavy atom. The second-order valence-electron chi connectivity index (χ2n) is 6.10. The highest BCUT2D eigenvalue weighted by molar-refractivity contribution is 6.30. The van der Waals surface area contributed by atoms with Crippen LogP contribution in [0.15, 0.2) is 36.7 Å². The van der Waals surface area contributed by atoms with Gasteiger partial charge in [-0.25, -0.2) is 0 Å². The molecule has 0 aliphatic carbocycles. The summed E-state index contributed by atoms with van der Waals surface area (Å²) in [6.45, 7) is 8.31. The molecule has 0 aliphatic heterocycles. The van der Waals surface area contributed by atoms with E-state index in [1.54, 1.807) is 6.20 Å². The lowest BCUT2D eigenvalue weighted by Gasteiger charge is -2.20. The largest absolute Gasteiger partial charge is 0.312 e. The first-order chi connectivity index (χ1) is 9.42. The van der Waals surface area contributed by atoms with Gasteiger partial charge in [0.15, 0.2) is 0 Å². The summed E-state index contributed by atoms with van der Waals surface area (Å²) in [7, 11) is 0. The number of hydrogen-bond donors (Lipinski definition) is 1. The van der Waals surface area contributed by atoms with E-state index >= 15 is 0 Å². The molecule has 3 nitrogen and oxygen atoms in total. The molecule has 2 rings (SSSR count). The Labute approximate surface area is 126 Å². The van der Waals surface area contributed by atoms with Crippen LogP contribution in [0, 0.1) is 0 Å². The lowest BCUT2D eigenvalue weighted by Crippen LogP contribution is -2.37. The van der Waals surface area contributed by atoms with E-state index < -0.39 is 0 Å². The molecule has 0 saturated heterocycles. The highest BCUT2D eigenvalue weighted by atomic mass is 35.5. The van der Waals surface area contributed by atoms with Gasteiger partial charge in [-0.1, -0.05) is 35.9 Å². The Kier molecular flexibility index (Phi) is 4.84. The van der Waals surface area contributed by atoms with E-state index in [2.05, 4.69) is 55.5 Å². The zero-order valence-electron chi connectivity index (χ0n) is 12.4. The van der Waals surface area contributed by atoms with Crippen molar-refractivity contribution in [2.75, 3.05) is 6.54 Å². The summed E-state index contributed by atoms with van der Waals surface area (Å²) in [6, 6.07) is 8.68. The van der Waals surface area contributed by atoms with E-state index in [0.29, 0.717) is 5.02 Å². The molecule has 0 radical (unpaired) electrons. The monoisotopic (exact) mass is 291 g/mol. The second-order valence-corrected chi connectivity index (χ2v) is 6.54. The summed E-state index contributed by atoms with van der Waals surface area (Å²) in [5.74, 6) is 0. The van der Waals surface area contributed by atoms with Crippen LogP contribution >= 0.6 is 11.6 Å². The fourth-order valence-electron chi connectivity index (χ4n) is 2.01. The zero-order valence-corrected chi connectivity index (χ0v) is 13.1. The molecule has 108 valence electrons. The lowest BCUT2D eigenvalue weighted by molar-refractivity contribution is 0.429. The topological polar surface area (TPSA) is 29.9 Å². The van der Waals surface area contributed by atoms with Crippen LogP contribution in [0.1, 0.15) is 31.9 Å². The van der Waals surface area contributed by atoms with Crippen LogP contribution in [0.5, 0.6) is 0 Å². The third-order valence-electron chi connectivity index (χ3n) is 3.04. The van der Waals surface area contributed by atoms with E-state index in [1.807, 2.05) is 10.9 Å². The summed E-state index contributed by atoms with van der Waals surface area (Å²) in [5, 5.41) is 8.36. The predicted octanol–water partition coefficient (Wildman–Crippen LogP) is 3.52. The summed E-state index contributed by atoms with van der Waals surface area (Å²) in [5.41, 5.74) is 2.76. The highest BCUT2D eigenvalue weighted by Gasteiger charge is 2.07. The maximum atomic E-state index is 5.86. The van der Waals surface area contributed by atoms with Crippen LogP contribution < -0.4 is 5.32 Å². The molecule has 20 heavy (non-hydrogen) atoms. The quantitative estimate of drug-likeness (QED) is 0.913. The Hall–Kier alpha value is -1.32. The van der Waals surface area contributed by atoms with Gasteiger partial charge in [0.1, 0.15) is 0 Å². The first-order valence-electron chi connectivity index (χ1n) is 6.93. The summed E-state index contributed by atoms with van der Waals surface area (Å²) in [6.07, 6.45) is 4.54. The Bertz CT molecular complexity index is 538. The number of nitrogens with one attached hydrogen (secondary N) is 1. The van der Waals surface area contributed by atoms with Gasteiger partial charge in [-0.3, -0.25) is 4.68 Å². The van der Waals surface area contributed by atoms with E-state index in [0.717, 1.165) is 19.5 Å². The van der Waals surface area contributed by atoms with Crippen LogP contribution in [0.3, 0.4) is 0 Å². The molecule has 1 N–H and O–H groups in total. The van der Waals surface area contributed by atoms with Gasteiger partial charge < -0.3 is 5.32 Å². The molecule has 1 aromatic heterocycles. The van der Waals surface area contributed by atoms with Crippen LogP contribution in [0.25, 0.3) is 0 Å². The van der Waals surface area contributed by atoms with Gasteiger partial charge in [0.2, 0.25) is 0 Å². The molecule has 1 aromatic carbocycles. The summed E-state index contributed by atoms with van der Waals surface area (Å²) >= 11 is 5.86. The fourth-order valence-corrected chi connectivity index (χ4v) is 2.16. The average Bonchev–Trinajstić information content (AvgIpc) is 2.75. The third-order valence-corrected chi connectivity index (χ3v) is 3.23. The molecule has 0 bridgehead atoms. The van der Waals surface area contributed by atoms with Crippen molar-refractivity contribution in [3.8, 4) is 0 Å². The van der Waals surface area contributed by atoms with E-state index in [-0.39, 0.29) is 5.54 Å². The van der Waals surface area contributed by atoms with Crippen LogP contribution in [-0.2, 0) is 13.0 Å². The summed E-state index contributed by atoms with van der Waals surface area (Å²) in [4.78, 5) is 0. The van der Waals surface area contributed by atoms with Crippen LogP contribution in [0.4, 0.5) is 0 Å². The first kappa shape index (κ1) is 15.1. The molecular formula is C16H22ClN3. The van der Waals surface area contributed by atoms with Gasteiger partial charge in [-0.2, -0.15) is 5.10 Å². The molecule has 0 spiro atoms. The van der Waals surface area contributed by atoms with Crippen molar-refractivity contribution < 1.29 is 0 Å². The third kappa shape index (κ3) is 4.99. The Morgan fingerprint density at radius 3 is 2.35 bits per heavy atom. The standard InChI is InChI=1S/C16H22ClN3/c1-16(2,3)18-9-8-13-4-6-14(7-5-13)11-20-12-15(17)10-19-20/h4-7,10,12,18H,8-9,11H2,1-3H3. The number of aromatic nitrogens is 2. The van der Waals surface area contributed by atoms with Crippen molar-refractivity contribution in [1.29, 1.82) is 0 Å². The number of benzene rings is 1.